The van der Waals surface area contributed by atoms with Crippen LogP contribution in [0.2, 0.25) is 5.02 Å². The lowest BCUT2D eigenvalue weighted by Gasteiger charge is -2.34. The zero-order chi connectivity index (χ0) is 16.9. The van der Waals surface area contributed by atoms with Crippen molar-refractivity contribution in [2.24, 2.45) is 0 Å². The van der Waals surface area contributed by atoms with Gasteiger partial charge in [0.25, 0.3) is 0 Å². The van der Waals surface area contributed by atoms with Crippen LogP contribution >= 0.6 is 11.6 Å². The Labute approximate surface area is 146 Å². The summed E-state index contributed by atoms with van der Waals surface area (Å²) in [7, 11) is 0. The molecule has 1 saturated heterocycles. The van der Waals surface area contributed by atoms with E-state index in [2.05, 4.69) is 17.0 Å². The Morgan fingerprint density at radius 3 is 2.42 bits per heavy atom. The van der Waals surface area contributed by atoms with Gasteiger partial charge >= 0.3 is 0 Å². The summed E-state index contributed by atoms with van der Waals surface area (Å²) in [6.45, 7) is 3.93. The molecule has 5 heteroatoms. The number of piperazine rings is 1. The molecule has 2 aromatic carbocycles. The van der Waals surface area contributed by atoms with Crippen LogP contribution in [0.15, 0.2) is 48.5 Å². The van der Waals surface area contributed by atoms with Gasteiger partial charge in [-0.15, -0.1) is 0 Å². The molecule has 0 aromatic heterocycles. The summed E-state index contributed by atoms with van der Waals surface area (Å²) in [6.07, 6.45) is 0.0850. The van der Waals surface area contributed by atoms with Gasteiger partial charge in [-0.05, 0) is 23.3 Å². The Morgan fingerprint density at radius 1 is 1.04 bits per heavy atom. The number of hydrogen-bond donors (Lipinski definition) is 0. The summed E-state index contributed by atoms with van der Waals surface area (Å²) in [4.78, 5) is 16.5. The fourth-order valence-electron chi connectivity index (χ4n) is 2.94. The largest absolute Gasteiger partial charge is 0.340 e. The van der Waals surface area contributed by atoms with Crippen molar-refractivity contribution in [3.63, 3.8) is 0 Å². The van der Waals surface area contributed by atoms with Crippen molar-refractivity contribution in [1.82, 2.24) is 9.80 Å². The maximum Gasteiger partial charge on any atom is 0.227 e. The number of hydrogen-bond acceptors (Lipinski definition) is 2. The third-order valence-electron chi connectivity index (χ3n) is 4.33. The number of amides is 1. The predicted octanol–water partition coefficient (Wildman–Crippen LogP) is 3.37. The van der Waals surface area contributed by atoms with Gasteiger partial charge in [-0.1, -0.05) is 48.0 Å². The maximum atomic E-state index is 13.8. The van der Waals surface area contributed by atoms with Gasteiger partial charge < -0.3 is 4.90 Å². The van der Waals surface area contributed by atoms with Crippen molar-refractivity contribution < 1.29 is 9.18 Å². The summed E-state index contributed by atoms with van der Waals surface area (Å²) in [5.41, 5.74) is 1.68. The molecule has 2 aromatic rings. The third kappa shape index (κ3) is 4.34. The SMILES string of the molecule is O=C(Cc1ccc(Cl)cc1F)N1CCN(Cc2ccccc2)CC1. The molecular formula is C19H20ClFN2O. The van der Waals surface area contributed by atoms with E-state index in [0.717, 1.165) is 19.6 Å². The summed E-state index contributed by atoms with van der Waals surface area (Å²) in [6, 6.07) is 14.8. The smallest absolute Gasteiger partial charge is 0.227 e. The van der Waals surface area contributed by atoms with Crippen LogP contribution in [0.3, 0.4) is 0 Å². The summed E-state index contributed by atoms with van der Waals surface area (Å²) in [5.74, 6) is -0.450. The molecule has 1 amide bonds. The van der Waals surface area contributed by atoms with E-state index in [4.69, 9.17) is 11.6 Å². The molecule has 0 spiro atoms. The van der Waals surface area contributed by atoms with Crippen molar-refractivity contribution in [1.29, 1.82) is 0 Å². The monoisotopic (exact) mass is 346 g/mol. The van der Waals surface area contributed by atoms with Crippen LogP contribution in [0.25, 0.3) is 0 Å². The molecule has 1 fully saturated rings. The first kappa shape index (κ1) is 16.9. The molecule has 126 valence electrons. The molecule has 0 saturated carbocycles. The van der Waals surface area contributed by atoms with Crippen LogP contribution in [0.5, 0.6) is 0 Å². The standard InChI is InChI=1S/C19H20ClFN2O/c20-17-7-6-16(18(21)13-17)12-19(24)23-10-8-22(9-11-23)14-15-4-2-1-3-5-15/h1-7,13H,8-12,14H2. The van der Waals surface area contributed by atoms with Crippen molar-refractivity contribution in [3.05, 3.63) is 70.5 Å². The Bertz CT molecular complexity index is 700. The highest BCUT2D eigenvalue weighted by atomic mass is 35.5. The van der Waals surface area contributed by atoms with Gasteiger partial charge in [-0.3, -0.25) is 9.69 Å². The Hall–Kier alpha value is -1.91. The van der Waals surface area contributed by atoms with Crippen LogP contribution in [0.4, 0.5) is 4.39 Å². The van der Waals surface area contributed by atoms with E-state index < -0.39 is 5.82 Å². The van der Waals surface area contributed by atoms with Crippen LogP contribution < -0.4 is 0 Å². The van der Waals surface area contributed by atoms with Crippen molar-refractivity contribution >= 4 is 17.5 Å². The number of rotatable bonds is 4. The number of carbonyl (C=O) groups excluding carboxylic acids is 1. The second-order valence-electron chi connectivity index (χ2n) is 6.06. The molecule has 3 rings (SSSR count). The lowest BCUT2D eigenvalue weighted by molar-refractivity contribution is -0.132. The summed E-state index contributed by atoms with van der Waals surface area (Å²) < 4.78 is 13.8. The second kappa shape index (κ2) is 7.77. The quantitative estimate of drug-likeness (QED) is 0.847. The van der Waals surface area contributed by atoms with Gasteiger partial charge in [0.1, 0.15) is 5.82 Å². The second-order valence-corrected chi connectivity index (χ2v) is 6.49. The fourth-order valence-corrected chi connectivity index (χ4v) is 3.10. The Balaban J connectivity index is 1.51. The van der Waals surface area contributed by atoms with E-state index in [1.165, 1.54) is 11.6 Å². The van der Waals surface area contributed by atoms with Crippen LogP contribution in [-0.2, 0) is 17.8 Å². The zero-order valence-electron chi connectivity index (χ0n) is 13.4. The summed E-state index contributed by atoms with van der Waals surface area (Å²) in [5, 5.41) is 0.346. The van der Waals surface area contributed by atoms with Gasteiger partial charge in [0.2, 0.25) is 5.91 Å². The van der Waals surface area contributed by atoms with E-state index >= 15 is 0 Å². The number of nitrogens with zero attached hydrogens (tertiary/aromatic N) is 2. The molecule has 24 heavy (non-hydrogen) atoms. The highest BCUT2D eigenvalue weighted by Crippen LogP contribution is 2.16. The van der Waals surface area contributed by atoms with Crippen molar-refractivity contribution in [2.45, 2.75) is 13.0 Å². The summed E-state index contributed by atoms with van der Waals surface area (Å²) >= 11 is 5.74. The van der Waals surface area contributed by atoms with E-state index in [9.17, 15) is 9.18 Å². The van der Waals surface area contributed by atoms with Gasteiger partial charge in [0.15, 0.2) is 0 Å². The molecule has 0 bridgehead atoms. The minimum atomic E-state index is -0.418. The third-order valence-corrected chi connectivity index (χ3v) is 4.57. The lowest BCUT2D eigenvalue weighted by atomic mass is 10.1. The zero-order valence-corrected chi connectivity index (χ0v) is 14.2. The molecule has 1 aliphatic rings. The first-order valence-electron chi connectivity index (χ1n) is 8.10. The molecule has 1 heterocycles. The molecule has 0 unspecified atom stereocenters. The van der Waals surface area contributed by atoms with Crippen LogP contribution in [0, 0.1) is 5.82 Å². The van der Waals surface area contributed by atoms with Gasteiger partial charge in [0, 0.05) is 37.7 Å². The first-order chi connectivity index (χ1) is 11.6. The Morgan fingerprint density at radius 2 is 1.75 bits per heavy atom. The lowest BCUT2D eigenvalue weighted by Crippen LogP contribution is -2.48. The highest BCUT2D eigenvalue weighted by Gasteiger charge is 2.22. The van der Waals surface area contributed by atoms with E-state index in [0.29, 0.717) is 23.7 Å². The number of halogens is 2. The highest BCUT2D eigenvalue weighted by molar-refractivity contribution is 6.30. The number of benzene rings is 2. The average Bonchev–Trinajstić information content (AvgIpc) is 2.59. The topological polar surface area (TPSA) is 23.6 Å². The molecule has 0 aliphatic carbocycles. The maximum absolute atomic E-state index is 13.8. The molecule has 1 aliphatic heterocycles. The normalized spacial score (nSPS) is 15.5. The average molecular weight is 347 g/mol. The van der Waals surface area contributed by atoms with Gasteiger partial charge in [0.05, 0.1) is 6.42 Å². The minimum Gasteiger partial charge on any atom is -0.340 e. The Kier molecular flexibility index (Phi) is 5.48. The number of carbonyl (C=O) groups is 1. The molecule has 0 N–H and O–H groups in total. The van der Waals surface area contributed by atoms with Crippen molar-refractivity contribution in [3.8, 4) is 0 Å². The van der Waals surface area contributed by atoms with E-state index in [1.807, 2.05) is 23.1 Å². The molecular weight excluding hydrogens is 327 g/mol. The minimum absolute atomic E-state index is 0.0319. The fraction of sp³-hybridized carbons (Fsp3) is 0.316. The van der Waals surface area contributed by atoms with E-state index in [1.54, 1.807) is 12.1 Å². The molecule has 0 radical (unpaired) electrons. The first-order valence-corrected chi connectivity index (χ1v) is 8.47. The van der Waals surface area contributed by atoms with E-state index in [-0.39, 0.29) is 12.3 Å². The van der Waals surface area contributed by atoms with Gasteiger partial charge in [-0.2, -0.15) is 0 Å². The van der Waals surface area contributed by atoms with Crippen LogP contribution in [-0.4, -0.2) is 41.9 Å². The van der Waals surface area contributed by atoms with Gasteiger partial charge in [-0.25, -0.2) is 4.39 Å². The molecule has 0 atom stereocenters. The van der Waals surface area contributed by atoms with Crippen molar-refractivity contribution in [2.75, 3.05) is 26.2 Å². The predicted molar refractivity (Wildman–Crippen MR) is 93.4 cm³/mol. The van der Waals surface area contributed by atoms with Crippen LogP contribution in [0.1, 0.15) is 11.1 Å². The molecule has 3 nitrogen and oxygen atoms in total.